The van der Waals surface area contributed by atoms with E-state index in [0.717, 1.165) is 25.2 Å². The minimum absolute atomic E-state index is 0.0400. The maximum atomic E-state index is 12.6. The summed E-state index contributed by atoms with van der Waals surface area (Å²) in [4.78, 5) is 14.5. The molecule has 22 heavy (non-hydrogen) atoms. The van der Waals surface area contributed by atoms with Crippen molar-refractivity contribution >= 4 is 29.7 Å². The lowest BCUT2D eigenvalue weighted by Gasteiger charge is -2.32. The van der Waals surface area contributed by atoms with E-state index in [9.17, 15) is 4.79 Å². The van der Waals surface area contributed by atoms with Gasteiger partial charge in [-0.05, 0) is 49.3 Å². The third kappa shape index (κ3) is 2.94. The third-order valence-corrected chi connectivity index (χ3v) is 4.70. The molecule has 5 nitrogen and oxygen atoms in total. The van der Waals surface area contributed by atoms with E-state index in [1.54, 1.807) is 24.3 Å². The Morgan fingerprint density at radius 3 is 2.77 bits per heavy atom. The fraction of sp³-hybridized carbons (Fsp3) is 0.400. The second-order valence-electron chi connectivity index (χ2n) is 5.54. The van der Waals surface area contributed by atoms with Crippen LogP contribution in [0, 0.1) is 4.77 Å². The minimum Gasteiger partial charge on any atom is -0.338 e. The molecule has 2 aromatic rings. The van der Waals surface area contributed by atoms with E-state index in [0.29, 0.717) is 21.9 Å². The molecule has 0 unspecified atom stereocenters. The number of piperidine rings is 1. The summed E-state index contributed by atoms with van der Waals surface area (Å²) in [5.74, 6) is 1.17. The van der Waals surface area contributed by atoms with Crippen molar-refractivity contribution in [3.63, 3.8) is 0 Å². The molecule has 1 aliphatic rings. The van der Waals surface area contributed by atoms with E-state index in [4.69, 9.17) is 23.8 Å². The molecule has 1 N–H and O–H groups in total. The quantitative estimate of drug-likeness (QED) is 0.857. The molecule has 7 heteroatoms. The number of halogens is 1. The van der Waals surface area contributed by atoms with Crippen LogP contribution in [-0.2, 0) is 7.05 Å². The summed E-state index contributed by atoms with van der Waals surface area (Å²) >= 11 is 11.0. The molecule has 1 aliphatic heterocycles. The van der Waals surface area contributed by atoms with Crippen LogP contribution in [0.3, 0.4) is 0 Å². The molecule has 0 aliphatic carbocycles. The molecule has 1 fully saturated rings. The third-order valence-electron chi connectivity index (χ3n) is 4.08. The standard InChI is InChI=1S/C15H17ClN4OS/c1-19-13(17-18-15(19)22)11-3-2-8-20(9-11)14(21)10-4-6-12(16)7-5-10/h4-7,11H,2-3,8-9H2,1H3,(H,18,22)/t11-/m1/s1. The van der Waals surface area contributed by atoms with Gasteiger partial charge in [0.2, 0.25) is 0 Å². The van der Waals surface area contributed by atoms with Crippen LogP contribution in [0.4, 0.5) is 0 Å². The number of carbonyl (C=O) groups is 1. The highest BCUT2D eigenvalue weighted by atomic mass is 35.5. The predicted molar refractivity (Wildman–Crippen MR) is 87.7 cm³/mol. The first kappa shape index (κ1) is 15.2. The van der Waals surface area contributed by atoms with E-state index in [1.807, 2.05) is 16.5 Å². The minimum atomic E-state index is 0.0400. The van der Waals surface area contributed by atoms with Gasteiger partial charge in [-0.3, -0.25) is 9.89 Å². The molecule has 1 aromatic carbocycles. The summed E-state index contributed by atoms with van der Waals surface area (Å²) in [6, 6.07) is 7.02. The normalized spacial score (nSPS) is 18.5. The first-order chi connectivity index (χ1) is 10.6. The molecule has 1 atom stereocenters. The number of hydrogen-bond donors (Lipinski definition) is 1. The number of likely N-dealkylation sites (tertiary alicyclic amines) is 1. The summed E-state index contributed by atoms with van der Waals surface area (Å²) in [6.07, 6.45) is 1.97. The number of nitrogens with one attached hydrogen (secondary N) is 1. The average molecular weight is 337 g/mol. The van der Waals surface area contributed by atoms with Crippen LogP contribution in [-0.4, -0.2) is 38.7 Å². The average Bonchev–Trinajstić information content (AvgIpc) is 2.87. The van der Waals surface area contributed by atoms with E-state index < -0.39 is 0 Å². The number of hydrogen-bond acceptors (Lipinski definition) is 3. The number of benzene rings is 1. The highest BCUT2D eigenvalue weighted by Gasteiger charge is 2.28. The number of H-pyrrole nitrogens is 1. The van der Waals surface area contributed by atoms with Crippen LogP contribution in [0.1, 0.15) is 34.9 Å². The monoisotopic (exact) mass is 336 g/mol. The molecule has 0 saturated carbocycles. The summed E-state index contributed by atoms with van der Waals surface area (Å²) in [5, 5.41) is 7.76. The molecule has 2 heterocycles. The van der Waals surface area contributed by atoms with E-state index >= 15 is 0 Å². The zero-order valence-corrected chi connectivity index (χ0v) is 13.8. The SMILES string of the molecule is Cn1c([C@@H]2CCCN(C(=O)c3ccc(Cl)cc3)C2)n[nH]c1=S. The second-order valence-corrected chi connectivity index (χ2v) is 6.37. The van der Waals surface area contributed by atoms with Crippen molar-refractivity contribution < 1.29 is 4.79 Å². The Hall–Kier alpha value is -1.66. The van der Waals surface area contributed by atoms with Crippen molar-refractivity contribution in [3.05, 3.63) is 45.4 Å². The molecule has 0 radical (unpaired) electrons. The largest absolute Gasteiger partial charge is 0.338 e. The van der Waals surface area contributed by atoms with E-state index in [-0.39, 0.29) is 11.8 Å². The lowest BCUT2D eigenvalue weighted by Crippen LogP contribution is -2.39. The van der Waals surface area contributed by atoms with Gasteiger partial charge in [0.05, 0.1) is 0 Å². The van der Waals surface area contributed by atoms with Crippen molar-refractivity contribution in [3.8, 4) is 0 Å². The van der Waals surface area contributed by atoms with Crippen LogP contribution in [0.5, 0.6) is 0 Å². The molecule has 116 valence electrons. The summed E-state index contributed by atoms with van der Waals surface area (Å²) in [6.45, 7) is 1.43. The highest BCUT2D eigenvalue weighted by Crippen LogP contribution is 2.26. The van der Waals surface area contributed by atoms with Crippen molar-refractivity contribution in [2.75, 3.05) is 13.1 Å². The van der Waals surface area contributed by atoms with Crippen LogP contribution in [0.2, 0.25) is 5.02 Å². The van der Waals surface area contributed by atoms with Crippen molar-refractivity contribution in [1.82, 2.24) is 19.7 Å². The van der Waals surface area contributed by atoms with Crippen molar-refractivity contribution in [1.29, 1.82) is 0 Å². The lowest BCUT2D eigenvalue weighted by atomic mass is 9.96. The fourth-order valence-corrected chi connectivity index (χ4v) is 3.14. The van der Waals surface area contributed by atoms with Gasteiger partial charge in [0.25, 0.3) is 5.91 Å². The molecule has 3 rings (SSSR count). The Morgan fingerprint density at radius 2 is 2.14 bits per heavy atom. The van der Waals surface area contributed by atoms with Crippen LogP contribution in [0.15, 0.2) is 24.3 Å². The van der Waals surface area contributed by atoms with Crippen LogP contribution in [0.25, 0.3) is 0 Å². The number of aromatic nitrogens is 3. The Balaban J connectivity index is 1.78. The molecule has 0 bridgehead atoms. The topological polar surface area (TPSA) is 53.9 Å². The van der Waals surface area contributed by atoms with Crippen molar-refractivity contribution in [2.24, 2.45) is 7.05 Å². The zero-order valence-electron chi connectivity index (χ0n) is 12.3. The summed E-state index contributed by atoms with van der Waals surface area (Å²) in [7, 11) is 1.90. The van der Waals surface area contributed by atoms with Crippen LogP contribution >= 0.6 is 23.8 Å². The molecule has 1 amide bonds. The molecular weight excluding hydrogens is 320 g/mol. The van der Waals surface area contributed by atoms with Gasteiger partial charge >= 0.3 is 0 Å². The Labute approximate surface area is 138 Å². The predicted octanol–water partition coefficient (Wildman–Crippen LogP) is 3.15. The summed E-state index contributed by atoms with van der Waals surface area (Å²) in [5.41, 5.74) is 0.667. The van der Waals surface area contributed by atoms with Gasteiger partial charge in [-0.2, -0.15) is 5.10 Å². The van der Waals surface area contributed by atoms with E-state index in [1.165, 1.54) is 0 Å². The zero-order chi connectivity index (χ0) is 15.7. The Morgan fingerprint density at radius 1 is 1.41 bits per heavy atom. The highest BCUT2D eigenvalue weighted by molar-refractivity contribution is 7.71. The maximum Gasteiger partial charge on any atom is 0.253 e. The van der Waals surface area contributed by atoms with E-state index in [2.05, 4.69) is 10.2 Å². The van der Waals surface area contributed by atoms with Crippen molar-refractivity contribution in [2.45, 2.75) is 18.8 Å². The number of rotatable bonds is 2. The molecule has 1 aromatic heterocycles. The smallest absolute Gasteiger partial charge is 0.253 e. The van der Waals surface area contributed by atoms with Gasteiger partial charge in [0.15, 0.2) is 4.77 Å². The summed E-state index contributed by atoms with van der Waals surface area (Å²) < 4.78 is 2.49. The van der Waals surface area contributed by atoms with Gasteiger partial charge in [-0.25, -0.2) is 0 Å². The lowest BCUT2D eigenvalue weighted by molar-refractivity contribution is 0.0703. The van der Waals surface area contributed by atoms with Gasteiger partial charge < -0.3 is 9.47 Å². The van der Waals surface area contributed by atoms with Gasteiger partial charge in [0, 0.05) is 36.6 Å². The number of aromatic amines is 1. The molecular formula is C15H17ClN4OS. The number of amides is 1. The Kier molecular flexibility index (Phi) is 4.31. The maximum absolute atomic E-state index is 12.6. The van der Waals surface area contributed by atoms with Gasteiger partial charge in [-0.15, -0.1) is 0 Å². The number of nitrogens with zero attached hydrogens (tertiary/aromatic N) is 3. The fourth-order valence-electron chi connectivity index (χ4n) is 2.87. The van der Waals surface area contributed by atoms with Gasteiger partial charge in [-0.1, -0.05) is 11.6 Å². The number of carbonyl (C=O) groups excluding carboxylic acids is 1. The van der Waals surface area contributed by atoms with Crippen LogP contribution < -0.4 is 0 Å². The first-order valence-corrected chi connectivity index (χ1v) is 8.01. The Bertz CT molecular complexity index is 737. The van der Waals surface area contributed by atoms with Gasteiger partial charge in [0.1, 0.15) is 5.82 Å². The molecule has 1 saturated heterocycles. The first-order valence-electron chi connectivity index (χ1n) is 7.22. The second kappa shape index (κ2) is 6.22. The molecule has 0 spiro atoms.